The van der Waals surface area contributed by atoms with Crippen LogP contribution in [-0.4, -0.2) is 41.5 Å². The Morgan fingerprint density at radius 3 is 2.67 bits per heavy atom. The average molecular weight is 368 g/mol. The van der Waals surface area contributed by atoms with Crippen LogP contribution in [0.25, 0.3) is 0 Å². The molecule has 0 radical (unpaired) electrons. The van der Waals surface area contributed by atoms with Crippen molar-refractivity contribution in [2.75, 3.05) is 19.7 Å². The molecule has 3 aliphatic carbocycles. The van der Waals surface area contributed by atoms with Gasteiger partial charge in [0.15, 0.2) is 0 Å². The van der Waals surface area contributed by atoms with Gasteiger partial charge < -0.3 is 9.64 Å². The summed E-state index contributed by atoms with van der Waals surface area (Å²) in [6, 6.07) is 4.98. The molecule has 0 aromatic carbocycles. The second-order valence-corrected chi connectivity index (χ2v) is 8.61. The lowest BCUT2D eigenvalue weighted by molar-refractivity contribution is -0.0103. The van der Waals surface area contributed by atoms with Gasteiger partial charge in [-0.05, 0) is 55.1 Å². The summed E-state index contributed by atoms with van der Waals surface area (Å²) in [5, 5.41) is 0. The minimum absolute atomic E-state index is 0.101. The molecule has 1 aromatic heterocycles. The Bertz CT molecular complexity index is 778. The van der Waals surface area contributed by atoms with Crippen molar-refractivity contribution in [3.63, 3.8) is 0 Å². The molecule has 27 heavy (non-hydrogen) atoms. The van der Waals surface area contributed by atoms with E-state index in [4.69, 9.17) is 4.74 Å². The summed E-state index contributed by atoms with van der Waals surface area (Å²) in [7, 11) is 0. The fourth-order valence-corrected chi connectivity index (χ4v) is 4.84. The van der Waals surface area contributed by atoms with Gasteiger partial charge in [-0.2, -0.15) is 0 Å². The number of carbonyl (C=O) groups excluding carboxylic acids is 2. The fraction of sp³-hybridized carbons (Fsp3) is 0.591. The number of allylic oxidation sites excluding steroid dienone is 1. The van der Waals surface area contributed by atoms with Gasteiger partial charge in [-0.3, -0.25) is 4.79 Å². The van der Waals surface area contributed by atoms with Crippen molar-refractivity contribution in [2.45, 2.75) is 46.0 Å². The smallest absolute Gasteiger partial charge is 0.356 e. The van der Waals surface area contributed by atoms with Crippen molar-refractivity contribution in [1.29, 1.82) is 0 Å². The lowest BCUT2D eigenvalue weighted by Crippen LogP contribution is -2.48. The molecule has 2 fully saturated rings. The number of esters is 1. The van der Waals surface area contributed by atoms with Crippen LogP contribution in [0.1, 0.15) is 66.9 Å². The van der Waals surface area contributed by atoms with E-state index in [0.717, 1.165) is 44.7 Å². The van der Waals surface area contributed by atoms with Gasteiger partial charge in [0, 0.05) is 19.5 Å². The molecule has 2 atom stereocenters. The van der Waals surface area contributed by atoms with E-state index in [0.29, 0.717) is 23.6 Å². The monoisotopic (exact) mass is 368 g/mol. The number of carbonyl (C=O) groups is 2. The van der Waals surface area contributed by atoms with Crippen LogP contribution in [0.3, 0.4) is 0 Å². The molecule has 0 spiro atoms. The van der Waals surface area contributed by atoms with Crippen molar-refractivity contribution < 1.29 is 14.3 Å². The third-order valence-electron chi connectivity index (χ3n) is 6.78. The van der Waals surface area contributed by atoms with Crippen LogP contribution in [0.5, 0.6) is 0 Å². The first-order valence-corrected chi connectivity index (χ1v) is 10.1. The standard InChI is InChI=1S/C22H28N2O3/c1-22(2)16-9-8-15(17(22)14-16)10-13-27-21(26)19-7-5-6-18(23-19)20(25)24-11-3-4-12-24/h5-8,16-17H,3-4,9-14H2,1-2H3/t16-,17-/m0/s1. The molecule has 4 aliphatic rings. The summed E-state index contributed by atoms with van der Waals surface area (Å²) < 4.78 is 5.46. The molecule has 144 valence electrons. The number of hydrogen-bond acceptors (Lipinski definition) is 4. The van der Waals surface area contributed by atoms with Crippen molar-refractivity contribution in [3.8, 4) is 0 Å². The zero-order chi connectivity index (χ0) is 19.0. The van der Waals surface area contributed by atoms with Crippen LogP contribution < -0.4 is 0 Å². The first-order chi connectivity index (χ1) is 13.0. The molecular formula is C22H28N2O3. The number of amides is 1. The molecule has 1 saturated heterocycles. The molecule has 5 rings (SSSR count). The number of ether oxygens (including phenoxy) is 1. The molecule has 0 N–H and O–H groups in total. The molecular weight excluding hydrogens is 340 g/mol. The van der Waals surface area contributed by atoms with Crippen LogP contribution in [-0.2, 0) is 4.74 Å². The first kappa shape index (κ1) is 18.2. The third kappa shape index (κ3) is 3.40. The van der Waals surface area contributed by atoms with E-state index in [-0.39, 0.29) is 11.6 Å². The molecule has 5 heteroatoms. The molecule has 5 nitrogen and oxygen atoms in total. The maximum atomic E-state index is 12.4. The lowest BCUT2D eigenvalue weighted by atomic mass is 9.48. The zero-order valence-electron chi connectivity index (χ0n) is 16.2. The predicted octanol–water partition coefficient (Wildman–Crippen LogP) is 3.86. The second kappa shape index (κ2) is 7.10. The van der Waals surface area contributed by atoms with Crippen molar-refractivity contribution in [2.24, 2.45) is 17.3 Å². The highest BCUT2D eigenvalue weighted by molar-refractivity contribution is 5.94. The Kier molecular flexibility index (Phi) is 4.79. The number of fused-ring (bicyclic) bond motifs is 1. The number of hydrogen-bond donors (Lipinski definition) is 0. The van der Waals surface area contributed by atoms with Gasteiger partial charge in [-0.25, -0.2) is 9.78 Å². The van der Waals surface area contributed by atoms with E-state index < -0.39 is 5.97 Å². The Hall–Kier alpha value is -2.17. The van der Waals surface area contributed by atoms with Gasteiger partial charge in [0.1, 0.15) is 11.4 Å². The third-order valence-corrected chi connectivity index (χ3v) is 6.78. The van der Waals surface area contributed by atoms with Gasteiger partial charge >= 0.3 is 5.97 Å². The number of rotatable bonds is 5. The first-order valence-electron chi connectivity index (χ1n) is 10.1. The number of pyridine rings is 1. The van der Waals surface area contributed by atoms with Gasteiger partial charge in [0.05, 0.1) is 6.61 Å². The molecule has 1 aliphatic heterocycles. The van der Waals surface area contributed by atoms with Gasteiger partial charge in [-0.15, -0.1) is 0 Å². The van der Waals surface area contributed by atoms with E-state index in [1.807, 2.05) is 0 Å². The molecule has 2 bridgehead atoms. The van der Waals surface area contributed by atoms with E-state index in [9.17, 15) is 9.59 Å². The van der Waals surface area contributed by atoms with Crippen molar-refractivity contribution >= 4 is 11.9 Å². The maximum Gasteiger partial charge on any atom is 0.356 e. The van der Waals surface area contributed by atoms with Gasteiger partial charge in [-0.1, -0.05) is 31.6 Å². The summed E-state index contributed by atoms with van der Waals surface area (Å²) in [5.74, 6) is 0.896. The highest BCUT2D eigenvalue weighted by Gasteiger charge is 2.50. The Morgan fingerprint density at radius 1 is 1.22 bits per heavy atom. The summed E-state index contributed by atoms with van der Waals surface area (Å²) in [6.45, 7) is 6.59. The second-order valence-electron chi connectivity index (χ2n) is 8.61. The number of nitrogens with zero attached hydrogens (tertiary/aromatic N) is 2. The van der Waals surface area contributed by atoms with Gasteiger partial charge in [0.2, 0.25) is 0 Å². The summed E-state index contributed by atoms with van der Waals surface area (Å²) in [5.41, 5.74) is 2.35. The normalized spacial score (nSPS) is 25.6. The molecule has 0 unspecified atom stereocenters. The predicted molar refractivity (Wildman–Crippen MR) is 102 cm³/mol. The molecule has 1 saturated carbocycles. The summed E-state index contributed by atoms with van der Waals surface area (Å²) in [6.07, 6.45) is 7.61. The van der Waals surface area contributed by atoms with Gasteiger partial charge in [0.25, 0.3) is 5.91 Å². The Morgan fingerprint density at radius 2 is 1.96 bits per heavy atom. The quantitative estimate of drug-likeness (QED) is 0.585. The fourth-order valence-electron chi connectivity index (χ4n) is 4.84. The Balaban J connectivity index is 1.33. The highest BCUT2D eigenvalue weighted by Crippen LogP contribution is 2.59. The van der Waals surface area contributed by atoms with E-state index in [1.165, 1.54) is 12.0 Å². The maximum absolute atomic E-state index is 12.4. The van der Waals surface area contributed by atoms with Crippen LogP contribution >= 0.6 is 0 Å². The zero-order valence-corrected chi connectivity index (χ0v) is 16.2. The van der Waals surface area contributed by atoms with Crippen LogP contribution in [0.4, 0.5) is 0 Å². The van der Waals surface area contributed by atoms with Crippen molar-refractivity contribution in [1.82, 2.24) is 9.88 Å². The van der Waals surface area contributed by atoms with Crippen LogP contribution in [0, 0.1) is 17.3 Å². The number of aromatic nitrogens is 1. The van der Waals surface area contributed by atoms with Crippen LogP contribution in [0.2, 0.25) is 0 Å². The average Bonchev–Trinajstić information content (AvgIpc) is 3.22. The summed E-state index contributed by atoms with van der Waals surface area (Å²) in [4.78, 5) is 30.9. The topological polar surface area (TPSA) is 59.5 Å². The highest BCUT2D eigenvalue weighted by atomic mass is 16.5. The van der Waals surface area contributed by atoms with E-state index in [1.54, 1.807) is 23.1 Å². The van der Waals surface area contributed by atoms with E-state index >= 15 is 0 Å². The largest absolute Gasteiger partial charge is 0.461 e. The minimum Gasteiger partial charge on any atom is -0.461 e. The van der Waals surface area contributed by atoms with Crippen molar-refractivity contribution in [3.05, 3.63) is 41.2 Å². The van der Waals surface area contributed by atoms with Crippen LogP contribution in [0.15, 0.2) is 29.8 Å². The molecule has 1 amide bonds. The lowest BCUT2D eigenvalue weighted by Gasteiger charge is -2.56. The van der Waals surface area contributed by atoms with E-state index in [2.05, 4.69) is 24.9 Å². The summed E-state index contributed by atoms with van der Waals surface area (Å²) >= 11 is 0. The SMILES string of the molecule is CC1(C)[C@H]2CC=C(CCOC(=O)c3cccc(C(=O)N4CCCC4)n3)[C@@H]1C2. The molecule has 2 heterocycles. The molecule has 1 aromatic rings. The Labute approximate surface area is 160 Å². The minimum atomic E-state index is -0.451. The number of likely N-dealkylation sites (tertiary alicyclic amines) is 1.